The second-order valence-electron chi connectivity index (χ2n) is 9.39. The molecule has 4 aromatic carbocycles. The van der Waals surface area contributed by atoms with Gasteiger partial charge in [0.15, 0.2) is 0 Å². The molecule has 2 amide bonds. The molecular formula is C31H28BrClFN3O4S. The van der Waals surface area contributed by atoms with Gasteiger partial charge in [-0.3, -0.25) is 13.9 Å². The Bertz CT molecular complexity index is 1640. The fraction of sp³-hybridized carbons (Fsp3) is 0.161. The van der Waals surface area contributed by atoms with E-state index in [4.69, 9.17) is 11.6 Å². The minimum atomic E-state index is -4.30. The van der Waals surface area contributed by atoms with E-state index in [1.165, 1.54) is 30.1 Å². The van der Waals surface area contributed by atoms with Gasteiger partial charge in [0.05, 0.1) is 15.6 Å². The molecule has 11 heteroatoms. The maximum Gasteiger partial charge on any atom is 0.264 e. The van der Waals surface area contributed by atoms with Gasteiger partial charge in [-0.1, -0.05) is 88.2 Å². The molecule has 1 N–H and O–H groups in total. The van der Waals surface area contributed by atoms with Crippen LogP contribution in [0.3, 0.4) is 0 Å². The molecule has 0 fully saturated rings. The normalized spacial score (nSPS) is 11.9. The molecule has 0 spiro atoms. The Morgan fingerprint density at radius 2 is 1.52 bits per heavy atom. The summed E-state index contributed by atoms with van der Waals surface area (Å²) in [6, 6.07) is 26.6. The average Bonchev–Trinajstić information content (AvgIpc) is 3.00. The highest BCUT2D eigenvalue weighted by Crippen LogP contribution is 2.28. The van der Waals surface area contributed by atoms with E-state index in [2.05, 4.69) is 21.2 Å². The zero-order valence-corrected chi connectivity index (χ0v) is 25.7. The third-order valence-corrected chi connectivity index (χ3v) is 9.19. The molecule has 0 aliphatic carbocycles. The van der Waals surface area contributed by atoms with Crippen molar-refractivity contribution >= 4 is 55.1 Å². The van der Waals surface area contributed by atoms with Gasteiger partial charge >= 0.3 is 0 Å². The Balaban J connectivity index is 1.79. The van der Waals surface area contributed by atoms with Crippen LogP contribution in [0.4, 0.5) is 10.1 Å². The van der Waals surface area contributed by atoms with Gasteiger partial charge in [0.2, 0.25) is 11.8 Å². The number of sulfonamides is 1. The quantitative estimate of drug-likeness (QED) is 0.218. The number of benzene rings is 4. The summed E-state index contributed by atoms with van der Waals surface area (Å²) in [5.74, 6) is -1.78. The predicted octanol–water partition coefficient (Wildman–Crippen LogP) is 5.82. The Morgan fingerprint density at radius 3 is 2.12 bits per heavy atom. The van der Waals surface area contributed by atoms with Crippen LogP contribution in [-0.2, 0) is 32.6 Å². The first-order valence-electron chi connectivity index (χ1n) is 12.9. The summed E-state index contributed by atoms with van der Waals surface area (Å²) >= 11 is 9.43. The number of likely N-dealkylation sites (N-methyl/N-ethyl adjacent to an activating group) is 1. The lowest BCUT2D eigenvalue weighted by molar-refractivity contribution is -0.139. The van der Waals surface area contributed by atoms with E-state index >= 15 is 0 Å². The molecule has 0 aliphatic heterocycles. The SMILES string of the molecule is CNC(=O)[C@H](Cc1ccccc1)N(Cc1ccc(Br)cc1)C(=O)CN(c1ccc(F)c(Cl)c1)S(=O)(=O)c1ccccc1. The standard InChI is InChI=1S/C31H28BrClFN3O4S/c1-35-31(39)29(18-22-8-4-2-5-9-22)36(20-23-12-14-24(32)15-13-23)30(38)21-37(25-16-17-28(34)27(33)19-25)42(40,41)26-10-6-3-7-11-26/h2-17,19,29H,18,20-21H2,1H3,(H,35,39)/t29-/m0/s1. The molecule has 0 saturated heterocycles. The monoisotopic (exact) mass is 671 g/mol. The lowest BCUT2D eigenvalue weighted by Gasteiger charge is -2.33. The lowest BCUT2D eigenvalue weighted by Crippen LogP contribution is -2.53. The summed E-state index contributed by atoms with van der Waals surface area (Å²) in [4.78, 5) is 28.8. The van der Waals surface area contributed by atoms with Crippen molar-refractivity contribution in [1.82, 2.24) is 10.2 Å². The maximum absolute atomic E-state index is 14.2. The lowest BCUT2D eigenvalue weighted by atomic mass is 10.0. The van der Waals surface area contributed by atoms with Crippen molar-refractivity contribution in [2.24, 2.45) is 0 Å². The van der Waals surface area contributed by atoms with E-state index in [0.29, 0.717) is 0 Å². The van der Waals surface area contributed by atoms with Crippen LogP contribution in [0.1, 0.15) is 11.1 Å². The van der Waals surface area contributed by atoms with E-state index < -0.39 is 40.2 Å². The Hall–Kier alpha value is -3.73. The summed E-state index contributed by atoms with van der Waals surface area (Å²) in [6.45, 7) is -0.640. The number of hydrogen-bond acceptors (Lipinski definition) is 4. The molecule has 7 nitrogen and oxygen atoms in total. The van der Waals surface area contributed by atoms with Crippen molar-refractivity contribution in [3.8, 4) is 0 Å². The maximum atomic E-state index is 14.2. The van der Waals surface area contributed by atoms with Crippen molar-refractivity contribution in [1.29, 1.82) is 0 Å². The number of halogens is 3. The van der Waals surface area contributed by atoms with Gasteiger partial charge < -0.3 is 10.2 Å². The fourth-order valence-corrected chi connectivity index (χ4v) is 6.26. The highest BCUT2D eigenvalue weighted by molar-refractivity contribution is 9.10. The Labute approximate surface area is 258 Å². The van der Waals surface area contributed by atoms with Gasteiger partial charge in [-0.15, -0.1) is 0 Å². The van der Waals surface area contributed by atoms with Crippen LogP contribution in [0.2, 0.25) is 5.02 Å². The zero-order valence-electron chi connectivity index (χ0n) is 22.6. The highest BCUT2D eigenvalue weighted by atomic mass is 79.9. The number of anilines is 1. The van der Waals surface area contributed by atoms with Gasteiger partial charge in [0, 0.05) is 24.5 Å². The fourth-order valence-electron chi connectivity index (χ4n) is 4.40. The summed E-state index contributed by atoms with van der Waals surface area (Å²) < 4.78 is 43.5. The van der Waals surface area contributed by atoms with Gasteiger partial charge in [-0.2, -0.15) is 0 Å². The number of carbonyl (C=O) groups is 2. The molecule has 0 heterocycles. The molecule has 42 heavy (non-hydrogen) atoms. The summed E-state index contributed by atoms with van der Waals surface area (Å²) in [5, 5.41) is 2.34. The summed E-state index contributed by atoms with van der Waals surface area (Å²) in [6.07, 6.45) is 0.191. The van der Waals surface area contributed by atoms with Gasteiger partial charge in [-0.25, -0.2) is 12.8 Å². The van der Waals surface area contributed by atoms with Crippen LogP contribution in [0, 0.1) is 5.82 Å². The molecule has 1 atom stereocenters. The molecule has 0 bridgehead atoms. The second kappa shape index (κ2) is 14.0. The van der Waals surface area contributed by atoms with Crippen molar-refractivity contribution < 1.29 is 22.4 Å². The molecule has 4 aromatic rings. The van der Waals surface area contributed by atoms with E-state index in [1.807, 2.05) is 54.6 Å². The van der Waals surface area contributed by atoms with Crippen molar-refractivity contribution in [3.63, 3.8) is 0 Å². The predicted molar refractivity (Wildman–Crippen MR) is 165 cm³/mol. The van der Waals surface area contributed by atoms with E-state index in [9.17, 15) is 22.4 Å². The average molecular weight is 673 g/mol. The van der Waals surface area contributed by atoms with Crippen LogP contribution in [0.25, 0.3) is 0 Å². The molecule has 218 valence electrons. The van der Waals surface area contributed by atoms with Gasteiger partial charge in [-0.05, 0) is 53.6 Å². The van der Waals surface area contributed by atoms with Gasteiger partial charge in [0.25, 0.3) is 10.0 Å². The highest BCUT2D eigenvalue weighted by Gasteiger charge is 2.34. The van der Waals surface area contributed by atoms with Crippen LogP contribution in [0.5, 0.6) is 0 Å². The summed E-state index contributed by atoms with van der Waals surface area (Å²) in [7, 11) is -2.82. The topological polar surface area (TPSA) is 86.8 Å². The van der Waals surface area contributed by atoms with E-state index in [1.54, 1.807) is 18.2 Å². The largest absolute Gasteiger partial charge is 0.357 e. The van der Waals surface area contributed by atoms with Crippen molar-refractivity contribution in [3.05, 3.63) is 130 Å². The molecule has 0 aromatic heterocycles. The number of rotatable bonds is 11. The third-order valence-electron chi connectivity index (χ3n) is 6.58. The number of nitrogens with zero attached hydrogens (tertiary/aromatic N) is 2. The molecular weight excluding hydrogens is 645 g/mol. The van der Waals surface area contributed by atoms with Crippen molar-refractivity contribution in [2.45, 2.75) is 23.9 Å². The van der Waals surface area contributed by atoms with Crippen LogP contribution in [0.15, 0.2) is 112 Å². The van der Waals surface area contributed by atoms with Gasteiger partial charge in [0.1, 0.15) is 18.4 Å². The number of nitrogens with one attached hydrogen (secondary N) is 1. The third kappa shape index (κ3) is 7.56. The number of amides is 2. The molecule has 0 radical (unpaired) electrons. The molecule has 4 rings (SSSR count). The Morgan fingerprint density at radius 1 is 0.905 bits per heavy atom. The molecule has 0 saturated carbocycles. The van der Waals surface area contributed by atoms with Crippen LogP contribution in [-0.4, -0.2) is 44.8 Å². The Kier molecular flexibility index (Phi) is 10.4. The molecule has 0 unspecified atom stereocenters. The smallest absolute Gasteiger partial charge is 0.264 e. The van der Waals surface area contributed by atoms with Crippen molar-refractivity contribution in [2.75, 3.05) is 17.9 Å². The first-order chi connectivity index (χ1) is 20.1. The zero-order chi connectivity index (χ0) is 30.3. The first kappa shape index (κ1) is 31.2. The van der Waals surface area contributed by atoms with E-state index in [0.717, 1.165) is 32.0 Å². The minimum Gasteiger partial charge on any atom is -0.357 e. The van der Waals surface area contributed by atoms with Crippen LogP contribution >= 0.6 is 27.5 Å². The van der Waals surface area contributed by atoms with Crippen LogP contribution < -0.4 is 9.62 Å². The number of hydrogen-bond donors (Lipinski definition) is 1. The summed E-state index contributed by atoms with van der Waals surface area (Å²) in [5.41, 5.74) is 1.55. The second-order valence-corrected chi connectivity index (χ2v) is 12.6. The molecule has 0 aliphatic rings. The first-order valence-corrected chi connectivity index (χ1v) is 15.5. The number of carbonyl (C=O) groups excluding carboxylic acids is 2. The minimum absolute atomic E-state index is 0.00162. The van der Waals surface area contributed by atoms with E-state index in [-0.39, 0.29) is 28.6 Å².